The highest BCUT2D eigenvalue weighted by atomic mass is 16.5. The van der Waals surface area contributed by atoms with Crippen molar-refractivity contribution >= 4 is 0 Å². The SMILES string of the molecule is CCN1CCOC(CNC)C1c1ccccc1C. The van der Waals surface area contributed by atoms with Gasteiger partial charge in [0.2, 0.25) is 0 Å². The molecule has 2 unspecified atom stereocenters. The summed E-state index contributed by atoms with van der Waals surface area (Å²) in [5, 5.41) is 3.25. The molecule has 1 fully saturated rings. The summed E-state index contributed by atoms with van der Waals surface area (Å²) in [4.78, 5) is 2.52. The van der Waals surface area contributed by atoms with Crippen LogP contribution in [0.3, 0.4) is 0 Å². The summed E-state index contributed by atoms with van der Waals surface area (Å²) in [5.41, 5.74) is 2.76. The minimum absolute atomic E-state index is 0.241. The molecule has 18 heavy (non-hydrogen) atoms. The van der Waals surface area contributed by atoms with E-state index in [-0.39, 0.29) is 6.10 Å². The molecule has 2 atom stereocenters. The smallest absolute Gasteiger partial charge is 0.0896 e. The van der Waals surface area contributed by atoms with Gasteiger partial charge in [0.15, 0.2) is 0 Å². The van der Waals surface area contributed by atoms with E-state index in [9.17, 15) is 0 Å². The number of likely N-dealkylation sites (N-methyl/N-ethyl adjacent to an activating group) is 2. The van der Waals surface area contributed by atoms with E-state index in [0.29, 0.717) is 6.04 Å². The molecule has 0 aliphatic carbocycles. The number of ether oxygens (including phenoxy) is 1. The molecule has 1 aromatic rings. The summed E-state index contributed by atoms with van der Waals surface area (Å²) >= 11 is 0. The van der Waals surface area contributed by atoms with Crippen LogP contribution < -0.4 is 5.32 Å². The van der Waals surface area contributed by atoms with Crippen LogP contribution in [0.1, 0.15) is 24.1 Å². The van der Waals surface area contributed by atoms with Crippen LogP contribution >= 0.6 is 0 Å². The Morgan fingerprint density at radius 1 is 1.39 bits per heavy atom. The lowest BCUT2D eigenvalue weighted by molar-refractivity contribution is -0.0688. The number of nitrogens with zero attached hydrogens (tertiary/aromatic N) is 1. The zero-order valence-corrected chi connectivity index (χ0v) is 11.6. The van der Waals surface area contributed by atoms with Gasteiger partial charge in [0.25, 0.3) is 0 Å². The van der Waals surface area contributed by atoms with E-state index < -0.39 is 0 Å². The first-order valence-electron chi connectivity index (χ1n) is 6.83. The fourth-order valence-corrected chi connectivity index (χ4v) is 2.83. The third-order valence-electron chi connectivity index (χ3n) is 3.77. The Bertz CT molecular complexity index is 379. The lowest BCUT2D eigenvalue weighted by Crippen LogP contribution is -2.48. The maximum atomic E-state index is 5.97. The Kier molecular flexibility index (Phi) is 4.75. The predicted octanol–water partition coefficient (Wildman–Crippen LogP) is 1.98. The van der Waals surface area contributed by atoms with Crippen LogP contribution in [0.15, 0.2) is 24.3 Å². The number of nitrogens with one attached hydrogen (secondary N) is 1. The normalized spacial score (nSPS) is 25.3. The van der Waals surface area contributed by atoms with Crippen molar-refractivity contribution in [3.63, 3.8) is 0 Å². The van der Waals surface area contributed by atoms with Gasteiger partial charge in [-0.1, -0.05) is 31.2 Å². The van der Waals surface area contributed by atoms with Gasteiger partial charge in [0.1, 0.15) is 0 Å². The second-order valence-corrected chi connectivity index (χ2v) is 4.90. The zero-order valence-electron chi connectivity index (χ0n) is 11.6. The molecule has 0 aromatic heterocycles. The molecule has 3 nitrogen and oxygen atoms in total. The Morgan fingerprint density at radius 2 is 2.17 bits per heavy atom. The van der Waals surface area contributed by atoms with Crippen LogP contribution in [-0.4, -0.2) is 44.3 Å². The lowest BCUT2D eigenvalue weighted by atomic mass is 9.94. The molecule has 1 saturated heterocycles. The van der Waals surface area contributed by atoms with Crippen LogP contribution in [0.4, 0.5) is 0 Å². The van der Waals surface area contributed by atoms with Crippen molar-refractivity contribution in [3.05, 3.63) is 35.4 Å². The van der Waals surface area contributed by atoms with Crippen molar-refractivity contribution in [2.75, 3.05) is 33.3 Å². The summed E-state index contributed by atoms with van der Waals surface area (Å²) in [7, 11) is 1.99. The summed E-state index contributed by atoms with van der Waals surface area (Å²) in [6, 6.07) is 9.03. The molecule has 2 rings (SSSR count). The fraction of sp³-hybridized carbons (Fsp3) is 0.600. The minimum Gasteiger partial charge on any atom is -0.374 e. The molecule has 0 amide bonds. The summed E-state index contributed by atoms with van der Waals surface area (Å²) in [5.74, 6) is 0. The van der Waals surface area contributed by atoms with Crippen molar-refractivity contribution in [1.29, 1.82) is 0 Å². The number of hydrogen-bond acceptors (Lipinski definition) is 3. The predicted molar refractivity (Wildman–Crippen MR) is 74.8 cm³/mol. The average molecular weight is 248 g/mol. The van der Waals surface area contributed by atoms with E-state index in [4.69, 9.17) is 4.74 Å². The zero-order chi connectivity index (χ0) is 13.0. The molecule has 0 saturated carbocycles. The fourth-order valence-electron chi connectivity index (χ4n) is 2.83. The average Bonchev–Trinajstić information content (AvgIpc) is 2.40. The van der Waals surface area contributed by atoms with E-state index in [0.717, 1.165) is 26.2 Å². The van der Waals surface area contributed by atoms with E-state index in [1.54, 1.807) is 0 Å². The third kappa shape index (κ3) is 2.74. The van der Waals surface area contributed by atoms with E-state index in [1.165, 1.54) is 11.1 Å². The number of hydrogen-bond donors (Lipinski definition) is 1. The molecule has 1 N–H and O–H groups in total. The first-order valence-corrected chi connectivity index (χ1v) is 6.83. The molecule has 1 heterocycles. The highest BCUT2D eigenvalue weighted by Crippen LogP contribution is 2.31. The van der Waals surface area contributed by atoms with E-state index in [1.807, 2.05) is 7.05 Å². The van der Waals surface area contributed by atoms with Crippen molar-refractivity contribution in [2.45, 2.75) is 26.0 Å². The Balaban J connectivity index is 2.30. The van der Waals surface area contributed by atoms with Gasteiger partial charge in [-0.3, -0.25) is 4.90 Å². The first-order chi connectivity index (χ1) is 8.77. The van der Waals surface area contributed by atoms with Crippen LogP contribution in [0.5, 0.6) is 0 Å². The molecule has 100 valence electrons. The number of morpholine rings is 1. The monoisotopic (exact) mass is 248 g/mol. The number of benzene rings is 1. The Hall–Kier alpha value is -0.900. The Labute approximate surface area is 110 Å². The molecular formula is C15H24N2O. The van der Waals surface area contributed by atoms with Gasteiger partial charge in [0.05, 0.1) is 18.8 Å². The molecule has 1 aliphatic heterocycles. The molecule has 0 bridgehead atoms. The number of rotatable bonds is 4. The van der Waals surface area contributed by atoms with Gasteiger partial charge >= 0.3 is 0 Å². The number of aryl methyl sites for hydroxylation is 1. The quantitative estimate of drug-likeness (QED) is 0.882. The topological polar surface area (TPSA) is 24.5 Å². The van der Waals surface area contributed by atoms with Crippen molar-refractivity contribution in [3.8, 4) is 0 Å². The van der Waals surface area contributed by atoms with Crippen molar-refractivity contribution in [2.24, 2.45) is 0 Å². The van der Waals surface area contributed by atoms with Crippen molar-refractivity contribution < 1.29 is 4.74 Å². The van der Waals surface area contributed by atoms with Gasteiger partial charge in [-0.15, -0.1) is 0 Å². The van der Waals surface area contributed by atoms with Crippen molar-refractivity contribution in [1.82, 2.24) is 10.2 Å². The first kappa shape index (κ1) is 13.5. The second kappa shape index (κ2) is 6.32. The van der Waals surface area contributed by atoms with Gasteiger partial charge in [-0.05, 0) is 31.6 Å². The second-order valence-electron chi connectivity index (χ2n) is 4.90. The highest BCUT2D eigenvalue weighted by Gasteiger charge is 2.32. The maximum Gasteiger partial charge on any atom is 0.0896 e. The molecule has 0 radical (unpaired) electrons. The summed E-state index contributed by atoms with van der Waals surface area (Å²) in [6.07, 6.45) is 0.241. The molecule has 1 aromatic carbocycles. The van der Waals surface area contributed by atoms with Gasteiger partial charge in [-0.2, -0.15) is 0 Å². The molecule has 3 heteroatoms. The van der Waals surface area contributed by atoms with Crippen LogP contribution in [0.25, 0.3) is 0 Å². The third-order valence-corrected chi connectivity index (χ3v) is 3.77. The van der Waals surface area contributed by atoms with Gasteiger partial charge in [0, 0.05) is 13.1 Å². The van der Waals surface area contributed by atoms with Gasteiger partial charge in [-0.25, -0.2) is 0 Å². The standard InChI is InChI=1S/C15H24N2O/c1-4-17-9-10-18-14(11-16-3)15(17)13-8-6-5-7-12(13)2/h5-8,14-16H,4,9-11H2,1-3H3. The van der Waals surface area contributed by atoms with E-state index in [2.05, 4.69) is 48.3 Å². The summed E-state index contributed by atoms with van der Waals surface area (Å²) < 4.78 is 5.97. The molecule has 1 aliphatic rings. The van der Waals surface area contributed by atoms with Crippen LogP contribution in [-0.2, 0) is 4.74 Å². The van der Waals surface area contributed by atoms with Crippen LogP contribution in [0, 0.1) is 6.92 Å². The highest BCUT2D eigenvalue weighted by molar-refractivity contribution is 5.30. The van der Waals surface area contributed by atoms with E-state index >= 15 is 0 Å². The Morgan fingerprint density at radius 3 is 2.83 bits per heavy atom. The maximum absolute atomic E-state index is 5.97. The van der Waals surface area contributed by atoms with Gasteiger partial charge < -0.3 is 10.1 Å². The summed E-state index contributed by atoms with van der Waals surface area (Å²) in [6.45, 7) is 8.25. The largest absolute Gasteiger partial charge is 0.374 e. The molecule has 0 spiro atoms. The lowest BCUT2D eigenvalue weighted by Gasteiger charge is -2.41. The molecular weight excluding hydrogens is 224 g/mol. The minimum atomic E-state index is 0.241. The van der Waals surface area contributed by atoms with Crippen LogP contribution in [0.2, 0.25) is 0 Å².